The molecule has 0 aliphatic carbocycles. The van der Waals surface area contributed by atoms with Gasteiger partial charge < -0.3 is 10.2 Å². The highest BCUT2D eigenvalue weighted by molar-refractivity contribution is 9.10. The Balaban J connectivity index is 2.22. The van der Waals surface area contributed by atoms with E-state index in [1.807, 2.05) is 0 Å². The maximum atomic E-state index is 3.45. The molecule has 0 fully saturated rings. The Labute approximate surface area is 98.4 Å². The Morgan fingerprint density at radius 3 is 2.79 bits per heavy atom. The number of hydrogen-bond acceptors (Lipinski definition) is 3. The number of thiophene rings is 1. The van der Waals surface area contributed by atoms with Crippen molar-refractivity contribution in [2.24, 2.45) is 0 Å². The second kappa shape index (κ2) is 5.85. The predicted molar refractivity (Wildman–Crippen MR) is 66.9 cm³/mol. The molecule has 80 valence electrons. The van der Waals surface area contributed by atoms with Crippen LogP contribution >= 0.6 is 27.3 Å². The van der Waals surface area contributed by atoms with E-state index in [1.54, 1.807) is 11.3 Å². The van der Waals surface area contributed by atoms with E-state index >= 15 is 0 Å². The van der Waals surface area contributed by atoms with Gasteiger partial charge in [0.15, 0.2) is 0 Å². The minimum Gasteiger partial charge on any atom is -0.310 e. The van der Waals surface area contributed by atoms with Crippen molar-refractivity contribution in [3.05, 3.63) is 20.8 Å². The van der Waals surface area contributed by atoms with Crippen molar-refractivity contribution < 1.29 is 0 Å². The Kier molecular flexibility index (Phi) is 5.09. The van der Waals surface area contributed by atoms with Gasteiger partial charge in [-0.3, -0.25) is 0 Å². The molecule has 0 saturated carbocycles. The SMILES string of the molecule is CC(CNCc1cc(Br)cs1)N(C)C. The number of rotatable bonds is 5. The molecule has 0 saturated heterocycles. The van der Waals surface area contributed by atoms with Crippen molar-refractivity contribution in [3.63, 3.8) is 0 Å². The van der Waals surface area contributed by atoms with Gasteiger partial charge in [-0.05, 0) is 43.0 Å². The first-order chi connectivity index (χ1) is 6.59. The van der Waals surface area contributed by atoms with Crippen LogP contribution in [0, 0.1) is 0 Å². The minimum absolute atomic E-state index is 0.582. The summed E-state index contributed by atoms with van der Waals surface area (Å²) in [6, 6.07) is 2.75. The van der Waals surface area contributed by atoms with Crippen LogP contribution in [-0.4, -0.2) is 31.6 Å². The number of halogens is 1. The number of likely N-dealkylation sites (N-methyl/N-ethyl adjacent to an activating group) is 1. The lowest BCUT2D eigenvalue weighted by Gasteiger charge is -2.19. The molecule has 0 amide bonds. The molecule has 1 aromatic rings. The second-order valence-electron chi connectivity index (χ2n) is 3.67. The van der Waals surface area contributed by atoms with Gasteiger partial charge in [-0.2, -0.15) is 0 Å². The maximum absolute atomic E-state index is 3.45. The quantitative estimate of drug-likeness (QED) is 0.889. The molecule has 0 aromatic carbocycles. The summed E-state index contributed by atoms with van der Waals surface area (Å²) in [5.41, 5.74) is 0. The largest absolute Gasteiger partial charge is 0.310 e. The Hall–Kier alpha value is 0.1000. The number of hydrogen-bond donors (Lipinski definition) is 1. The summed E-state index contributed by atoms with van der Waals surface area (Å²) < 4.78 is 1.18. The molecule has 1 rings (SSSR count). The van der Waals surface area contributed by atoms with E-state index in [4.69, 9.17) is 0 Å². The van der Waals surface area contributed by atoms with Crippen LogP contribution in [0.5, 0.6) is 0 Å². The Morgan fingerprint density at radius 2 is 2.29 bits per heavy atom. The molecule has 1 N–H and O–H groups in total. The summed E-state index contributed by atoms with van der Waals surface area (Å²) in [4.78, 5) is 3.60. The summed E-state index contributed by atoms with van der Waals surface area (Å²) in [7, 11) is 4.21. The lowest BCUT2D eigenvalue weighted by Crippen LogP contribution is -2.34. The lowest BCUT2D eigenvalue weighted by molar-refractivity contribution is 0.303. The van der Waals surface area contributed by atoms with E-state index in [-0.39, 0.29) is 0 Å². The molecule has 1 aromatic heterocycles. The van der Waals surface area contributed by atoms with Gasteiger partial charge in [0, 0.05) is 33.9 Å². The molecule has 0 aliphatic heterocycles. The van der Waals surface area contributed by atoms with Gasteiger partial charge in [-0.1, -0.05) is 0 Å². The average molecular weight is 277 g/mol. The summed E-state index contributed by atoms with van der Waals surface area (Å²) in [5.74, 6) is 0. The molecule has 2 nitrogen and oxygen atoms in total. The summed E-state index contributed by atoms with van der Waals surface area (Å²) in [5, 5.41) is 5.56. The average Bonchev–Trinajstić information content (AvgIpc) is 2.51. The fraction of sp³-hybridized carbons (Fsp3) is 0.600. The van der Waals surface area contributed by atoms with Gasteiger partial charge in [-0.25, -0.2) is 0 Å². The Morgan fingerprint density at radius 1 is 1.57 bits per heavy atom. The molecule has 1 heterocycles. The topological polar surface area (TPSA) is 15.3 Å². The highest BCUT2D eigenvalue weighted by Crippen LogP contribution is 2.19. The number of nitrogens with one attached hydrogen (secondary N) is 1. The zero-order valence-corrected chi connectivity index (χ0v) is 11.3. The second-order valence-corrected chi connectivity index (χ2v) is 5.59. The molecule has 1 atom stereocenters. The van der Waals surface area contributed by atoms with Crippen LogP contribution in [0.1, 0.15) is 11.8 Å². The van der Waals surface area contributed by atoms with E-state index in [9.17, 15) is 0 Å². The third-order valence-corrected chi connectivity index (χ3v) is 3.94. The maximum Gasteiger partial charge on any atom is 0.0300 e. The van der Waals surface area contributed by atoms with E-state index in [2.05, 4.69) is 58.6 Å². The summed E-state index contributed by atoms with van der Waals surface area (Å²) in [6.45, 7) is 4.22. The van der Waals surface area contributed by atoms with Crippen LogP contribution in [0.25, 0.3) is 0 Å². The highest BCUT2D eigenvalue weighted by Gasteiger charge is 2.03. The molecule has 0 spiro atoms. The number of nitrogens with zero attached hydrogens (tertiary/aromatic N) is 1. The monoisotopic (exact) mass is 276 g/mol. The Bertz CT molecular complexity index is 273. The van der Waals surface area contributed by atoms with Crippen molar-refractivity contribution in [2.45, 2.75) is 19.5 Å². The summed E-state index contributed by atoms with van der Waals surface area (Å²) >= 11 is 5.24. The van der Waals surface area contributed by atoms with Crippen LogP contribution < -0.4 is 5.32 Å². The standard InChI is InChI=1S/C10H17BrN2S/c1-8(13(2)3)5-12-6-10-4-9(11)7-14-10/h4,7-8,12H,5-6H2,1-3H3. The molecular weight excluding hydrogens is 260 g/mol. The smallest absolute Gasteiger partial charge is 0.0300 e. The van der Waals surface area contributed by atoms with Crippen molar-refractivity contribution in [2.75, 3.05) is 20.6 Å². The normalized spacial score (nSPS) is 13.5. The third kappa shape index (κ3) is 4.09. The van der Waals surface area contributed by atoms with Gasteiger partial charge in [0.1, 0.15) is 0 Å². The van der Waals surface area contributed by atoms with Crippen LogP contribution in [0.4, 0.5) is 0 Å². The van der Waals surface area contributed by atoms with Crippen molar-refractivity contribution in [3.8, 4) is 0 Å². The van der Waals surface area contributed by atoms with Crippen LogP contribution in [0.15, 0.2) is 15.9 Å². The van der Waals surface area contributed by atoms with Gasteiger partial charge in [0.25, 0.3) is 0 Å². The molecular formula is C10H17BrN2S. The van der Waals surface area contributed by atoms with Crippen molar-refractivity contribution in [1.82, 2.24) is 10.2 Å². The van der Waals surface area contributed by atoms with Crippen LogP contribution in [0.2, 0.25) is 0 Å². The van der Waals surface area contributed by atoms with Gasteiger partial charge in [0.2, 0.25) is 0 Å². The van der Waals surface area contributed by atoms with Crippen LogP contribution in [0.3, 0.4) is 0 Å². The summed E-state index contributed by atoms with van der Waals surface area (Å²) in [6.07, 6.45) is 0. The lowest BCUT2D eigenvalue weighted by atomic mass is 10.3. The molecule has 0 bridgehead atoms. The molecule has 4 heteroatoms. The third-order valence-electron chi connectivity index (χ3n) is 2.24. The van der Waals surface area contributed by atoms with E-state index in [1.165, 1.54) is 9.35 Å². The predicted octanol–water partition coefficient (Wildman–Crippen LogP) is 2.55. The van der Waals surface area contributed by atoms with Gasteiger partial charge in [-0.15, -0.1) is 11.3 Å². The van der Waals surface area contributed by atoms with Gasteiger partial charge >= 0.3 is 0 Å². The van der Waals surface area contributed by atoms with Crippen LogP contribution in [-0.2, 0) is 6.54 Å². The van der Waals surface area contributed by atoms with Crippen molar-refractivity contribution in [1.29, 1.82) is 0 Å². The highest BCUT2D eigenvalue weighted by atomic mass is 79.9. The fourth-order valence-electron chi connectivity index (χ4n) is 1.03. The molecule has 0 radical (unpaired) electrons. The zero-order valence-electron chi connectivity index (χ0n) is 8.88. The first-order valence-corrected chi connectivity index (χ1v) is 6.37. The first-order valence-electron chi connectivity index (χ1n) is 4.69. The molecule has 1 unspecified atom stereocenters. The van der Waals surface area contributed by atoms with Gasteiger partial charge in [0.05, 0.1) is 0 Å². The zero-order chi connectivity index (χ0) is 10.6. The minimum atomic E-state index is 0.582. The molecule has 14 heavy (non-hydrogen) atoms. The van der Waals surface area contributed by atoms with E-state index in [0.29, 0.717) is 6.04 Å². The fourth-order valence-corrected chi connectivity index (χ4v) is 2.45. The van der Waals surface area contributed by atoms with E-state index < -0.39 is 0 Å². The van der Waals surface area contributed by atoms with E-state index in [0.717, 1.165) is 13.1 Å². The molecule has 0 aliphatic rings. The first kappa shape index (κ1) is 12.2. The van der Waals surface area contributed by atoms with Crippen molar-refractivity contribution >= 4 is 27.3 Å².